The first-order valence-electron chi connectivity index (χ1n) is 12.4. The monoisotopic (exact) mass is 520 g/mol. The number of alkyl halides is 2. The van der Waals surface area contributed by atoms with E-state index in [9.17, 15) is 18.7 Å². The van der Waals surface area contributed by atoms with Crippen molar-refractivity contribution in [2.24, 2.45) is 5.73 Å². The van der Waals surface area contributed by atoms with Crippen LogP contribution in [0.4, 0.5) is 8.78 Å². The van der Waals surface area contributed by atoms with Gasteiger partial charge < -0.3 is 36.4 Å². The highest BCUT2D eigenvalue weighted by Crippen LogP contribution is 2.20. The lowest BCUT2D eigenvalue weighted by molar-refractivity contribution is -0.135. The van der Waals surface area contributed by atoms with Gasteiger partial charge in [-0.3, -0.25) is 10.1 Å². The van der Waals surface area contributed by atoms with Gasteiger partial charge >= 0.3 is 0 Å². The van der Waals surface area contributed by atoms with E-state index in [-0.39, 0.29) is 18.0 Å². The zero-order valence-electron chi connectivity index (χ0n) is 21.5. The van der Waals surface area contributed by atoms with Gasteiger partial charge in [-0.15, -0.1) is 0 Å². The minimum absolute atomic E-state index is 0.0537. The number of nitrogens with one attached hydrogen (secondary N) is 4. The number of hydrogen-bond acceptors (Lipinski definition) is 8. The van der Waals surface area contributed by atoms with Gasteiger partial charge in [-0.1, -0.05) is 48.6 Å². The topological polar surface area (TPSA) is 124 Å². The highest BCUT2D eigenvalue weighted by atomic mass is 19.3. The van der Waals surface area contributed by atoms with Crippen LogP contribution in [0.3, 0.4) is 0 Å². The Hall–Kier alpha value is -2.67. The summed E-state index contributed by atoms with van der Waals surface area (Å²) in [5.74, 6) is -3.37. The van der Waals surface area contributed by atoms with Crippen LogP contribution in [0, 0.1) is 0 Å². The van der Waals surface area contributed by atoms with E-state index in [4.69, 9.17) is 10.5 Å². The largest absolute Gasteiger partial charge is 0.383 e. The predicted molar refractivity (Wildman–Crippen MR) is 138 cm³/mol. The van der Waals surface area contributed by atoms with Gasteiger partial charge in [-0.05, 0) is 18.2 Å². The number of halogens is 2. The molecule has 11 heteroatoms. The van der Waals surface area contributed by atoms with Crippen LogP contribution in [-0.4, -0.2) is 80.5 Å². The zero-order chi connectivity index (χ0) is 27.0. The van der Waals surface area contributed by atoms with Crippen LogP contribution < -0.4 is 27.0 Å². The number of likely N-dealkylation sites (N-methyl/N-ethyl adjacent to an activating group) is 2. The average Bonchev–Trinajstić information content (AvgIpc) is 2.89. The number of ether oxygens (including phenoxy) is 1. The molecule has 1 aliphatic heterocycles. The molecule has 0 aromatic heterocycles. The summed E-state index contributed by atoms with van der Waals surface area (Å²) in [5, 5.41) is 21.5. The number of morpholine rings is 1. The number of allylic oxidation sites excluding steroid dienone is 2. The Kier molecular flexibility index (Phi) is 10.3. The summed E-state index contributed by atoms with van der Waals surface area (Å²) >= 11 is 0. The molecular weight excluding hydrogens is 482 g/mol. The number of hydrogen-bond donors (Lipinski definition) is 6. The van der Waals surface area contributed by atoms with Gasteiger partial charge in [0.15, 0.2) is 6.23 Å². The first-order chi connectivity index (χ1) is 17.7. The number of amides is 1. The second kappa shape index (κ2) is 13.2. The molecule has 1 heterocycles. The Labute approximate surface area is 216 Å². The second-order valence-electron chi connectivity index (χ2n) is 9.19. The fraction of sp³-hybridized carbons (Fsp3) is 0.500. The Morgan fingerprint density at radius 2 is 2.00 bits per heavy atom. The summed E-state index contributed by atoms with van der Waals surface area (Å²) in [4.78, 5) is 15.4. The number of rotatable bonds is 11. The Morgan fingerprint density at radius 1 is 1.27 bits per heavy atom. The first-order valence-corrected chi connectivity index (χ1v) is 12.4. The van der Waals surface area contributed by atoms with Crippen LogP contribution >= 0.6 is 0 Å². The summed E-state index contributed by atoms with van der Waals surface area (Å²) < 4.78 is 32.1. The molecule has 0 bridgehead atoms. The van der Waals surface area contributed by atoms with E-state index < -0.39 is 18.3 Å². The van der Waals surface area contributed by atoms with Crippen molar-refractivity contribution in [1.29, 1.82) is 0 Å². The van der Waals surface area contributed by atoms with Crippen molar-refractivity contribution in [3.05, 3.63) is 71.0 Å². The fourth-order valence-corrected chi connectivity index (χ4v) is 4.28. The van der Waals surface area contributed by atoms with Gasteiger partial charge in [0.25, 0.3) is 11.8 Å². The highest BCUT2D eigenvalue weighted by molar-refractivity contribution is 5.94. The third-order valence-electron chi connectivity index (χ3n) is 6.44. The van der Waals surface area contributed by atoms with E-state index in [2.05, 4.69) is 21.3 Å². The van der Waals surface area contributed by atoms with Gasteiger partial charge in [0.05, 0.1) is 31.5 Å². The molecule has 1 amide bonds. The molecule has 4 atom stereocenters. The summed E-state index contributed by atoms with van der Waals surface area (Å²) in [6, 6.07) is 6.93. The van der Waals surface area contributed by atoms with E-state index in [1.165, 1.54) is 0 Å². The van der Waals surface area contributed by atoms with Crippen LogP contribution in [0.1, 0.15) is 24.2 Å². The predicted octanol–water partition coefficient (Wildman–Crippen LogP) is 0.712. The third kappa shape index (κ3) is 7.67. The van der Waals surface area contributed by atoms with Gasteiger partial charge in [0, 0.05) is 39.2 Å². The smallest absolute Gasteiger partial charge is 0.283 e. The van der Waals surface area contributed by atoms with Crippen LogP contribution in [0.2, 0.25) is 0 Å². The minimum atomic E-state index is -3.30. The van der Waals surface area contributed by atoms with E-state index in [0.29, 0.717) is 51.0 Å². The zero-order valence-corrected chi connectivity index (χ0v) is 21.5. The number of aliphatic hydroxyl groups is 1. The van der Waals surface area contributed by atoms with Crippen LogP contribution in [0.5, 0.6) is 0 Å². The molecule has 0 spiro atoms. The molecular formula is C26H38F2N6O3. The maximum atomic E-state index is 13.5. The van der Waals surface area contributed by atoms with E-state index >= 15 is 0 Å². The molecule has 0 saturated carbocycles. The van der Waals surface area contributed by atoms with Crippen molar-refractivity contribution < 1.29 is 23.4 Å². The summed E-state index contributed by atoms with van der Waals surface area (Å²) in [6.45, 7) is 3.10. The van der Waals surface area contributed by atoms with Crippen LogP contribution in [0.15, 0.2) is 59.8 Å². The molecule has 3 rings (SSSR count). The van der Waals surface area contributed by atoms with Gasteiger partial charge in [-0.25, -0.2) is 8.78 Å². The lowest BCUT2D eigenvalue weighted by Crippen LogP contribution is -2.54. The van der Waals surface area contributed by atoms with Crippen LogP contribution in [-0.2, 0) is 16.1 Å². The van der Waals surface area contributed by atoms with E-state index in [1.807, 2.05) is 48.4 Å². The maximum Gasteiger partial charge on any atom is 0.283 e. The first kappa shape index (κ1) is 28.9. The number of carbonyl (C=O) groups excluding carboxylic acids is 1. The number of nitrogens with zero attached hydrogens (tertiary/aromatic N) is 1. The Balaban J connectivity index is 1.59. The van der Waals surface area contributed by atoms with E-state index in [1.54, 1.807) is 19.2 Å². The van der Waals surface area contributed by atoms with Gasteiger partial charge in [-0.2, -0.15) is 0 Å². The number of nitrogens with two attached hydrogens (primary N) is 1. The van der Waals surface area contributed by atoms with Crippen molar-refractivity contribution in [2.75, 3.05) is 40.4 Å². The molecule has 37 heavy (non-hydrogen) atoms. The quantitative estimate of drug-likeness (QED) is 0.186. The van der Waals surface area contributed by atoms with Crippen molar-refractivity contribution in [3.8, 4) is 0 Å². The number of carbonyl (C=O) groups is 1. The molecule has 204 valence electrons. The standard InChI is InChI=1S/C26H38F2N6O3/c1-26(27,28)25(36)33-23(29)18-10-8-17(9-11-18)14-32-15-19-16-37-13-12-34(19)24(35)22(31-3)20-6-4-5-7-21(20)30-2/h4-11,19,21,23,25,30-33,36H,12-16,29H2,1-3H3/b22-20-/t19-,21?,23?,25?/m1/s1. The third-order valence-corrected chi connectivity index (χ3v) is 6.44. The molecule has 2 aliphatic rings. The normalized spacial score (nSPS) is 23.1. The molecule has 1 aromatic carbocycles. The highest BCUT2D eigenvalue weighted by Gasteiger charge is 2.33. The molecule has 1 aromatic rings. The average molecular weight is 521 g/mol. The SMILES string of the molecule is CN/C(C(=O)N1CCOC[C@H]1CNCc1ccc(C(N)NC(O)C(C)(F)F)cc1)=C1/C=CC=CC1NC. The molecule has 3 unspecified atom stereocenters. The Morgan fingerprint density at radius 3 is 2.65 bits per heavy atom. The lowest BCUT2D eigenvalue weighted by atomic mass is 9.98. The molecule has 7 N–H and O–H groups in total. The van der Waals surface area contributed by atoms with Crippen molar-refractivity contribution in [1.82, 2.24) is 26.2 Å². The lowest BCUT2D eigenvalue weighted by Gasteiger charge is -2.37. The minimum Gasteiger partial charge on any atom is -0.383 e. The summed E-state index contributed by atoms with van der Waals surface area (Å²) in [6.07, 6.45) is 4.84. The molecule has 1 saturated heterocycles. The molecule has 9 nitrogen and oxygen atoms in total. The van der Waals surface area contributed by atoms with Crippen molar-refractivity contribution in [2.45, 2.75) is 43.9 Å². The van der Waals surface area contributed by atoms with Crippen molar-refractivity contribution in [3.63, 3.8) is 0 Å². The maximum absolute atomic E-state index is 13.5. The molecule has 1 aliphatic carbocycles. The van der Waals surface area contributed by atoms with E-state index in [0.717, 1.165) is 11.1 Å². The Bertz CT molecular complexity index is 993. The fourth-order valence-electron chi connectivity index (χ4n) is 4.28. The number of aliphatic hydroxyl groups excluding tert-OH is 1. The second-order valence-corrected chi connectivity index (χ2v) is 9.19. The van der Waals surface area contributed by atoms with Gasteiger partial charge in [0.1, 0.15) is 5.70 Å². The summed E-state index contributed by atoms with van der Waals surface area (Å²) in [7, 11) is 3.61. The molecule has 0 radical (unpaired) electrons. The summed E-state index contributed by atoms with van der Waals surface area (Å²) in [5.41, 5.74) is 8.87. The van der Waals surface area contributed by atoms with Crippen LogP contribution in [0.25, 0.3) is 0 Å². The van der Waals surface area contributed by atoms with Gasteiger partial charge in [0.2, 0.25) is 0 Å². The molecule has 1 fully saturated rings. The number of benzene rings is 1. The van der Waals surface area contributed by atoms with Crippen molar-refractivity contribution >= 4 is 5.91 Å².